The number of aromatic nitrogens is 3. The highest BCUT2D eigenvalue weighted by Gasteiger charge is 2.26. The molecule has 4 aromatic rings. The van der Waals surface area contributed by atoms with Crippen molar-refractivity contribution in [2.75, 3.05) is 0 Å². The summed E-state index contributed by atoms with van der Waals surface area (Å²) in [5.41, 5.74) is 4.37. The Morgan fingerprint density at radius 2 is 1.91 bits per heavy atom. The quantitative estimate of drug-likeness (QED) is 0.292. The first-order valence-corrected chi connectivity index (χ1v) is 12.3. The van der Waals surface area contributed by atoms with Gasteiger partial charge in [0, 0.05) is 16.4 Å². The lowest BCUT2D eigenvalue weighted by molar-refractivity contribution is 0.0688. The molecule has 8 heteroatoms. The zero-order valence-corrected chi connectivity index (χ0v) is 20.4. The molecule has 0 bridgehead atoms. The van der Waals surface area contributed by atoms with Crippen molar-refractivity contribution >= 4 is 29.1 Å². The maximum absolute atomic E-state index is 13.9. The summed E-state index contributed by atoms with van der Waals surface area (Å²) in [6.45, 7) is 8.05. The molecule has 0 saturated carbocycles. The predicted molar refractivity (Wildman–Crippen MR) is 132 cm³/mol. The molecule has 0 amide bonds. The highest BCUT2D eigenvalue weighted by Crippen LogP contribution is 2.41. The zero-order chi connectivity index (χ0) is 23.7. The maximum Gasteiger partial charge on any atom is 0.355 e. The molecule has 2 aromatic heterocycles. The predicted octanol–water partition coefficient (Wildman–Crippen LogP) is 6.87. The van der Waals surface area contributed by atoms with E-state index in [1.54, 1.807) is 30.8 Å². The van der Waals surface area contributed by atoms with Crippen LogP contribution < -0.4 is 0 Å². The number of aromatic carboxylic acids is 1. The van der Waals surface area contributed by atoms with E-state index in [1.165, 1.54) is 33.7 Å². The second-order valence-corrected chi connectivity index (χ2v) is 10.7. The summed E-state index contributed by atoms with van der Waals surface area (Å²) in [5.74, 6) is -1.57. The molecular weight excluding hydrogens is 457 g/mol. The number of benzene rings is 2. The molecule has 0 atom stereocenters. The van der Waals surface area contributed by atoms with Gasteiger partial charge in [0.25, 0.3) is 0 Å². The second kappa shape index (κ2) is 9.49. The Morgan fingerprint density at radius 1 is 1.18 bits per heavy atom. The van der Waals surface area contributed by atoms with Gasteiger partial charge in [-0.3, -0.25) is 0 Å². The fraction of sp³-hybridized carbons (Fsp3) is 0.240. The number of halogens is 1. The fourth-order valence-corrected chi connectivity index (χ4v) is 6.09. The number of hydrogen-bond donors (Lipinski definition) is 1. The summed E-state index contributed by atoms with van der Waals surface area (Å²) in [6, 6.07) is 14.2. The van der Waals surface area contributed by atoms with Gasteiger partial charge in [0.2, 0.25) is 5.13 Å². The molecule has 0 aliphatic rings. The van der Waals surface area contributed by atoms with E-state index in [2.05, 4.69) is 38.0 Å². The number of aryl methyl sites for hydroxylation is 2. The van der Waals surface area contributed by atoms with Crippen molar-refractivity contribution in [1.82, 2.24) is 14.8 Å². The van der Waals surface area contributed by atoms with Gasteiger partial charge in [0.1, 0.15) is 5.82 Å². The van der Waals surface area contributed by atoms with E-state index < -0.39 is 11.8 Å². The van der Waals surface area contributed by atoms with Crippen molar-refractivity contribution in [3.8, 4) is 27.5 Å². The minimum Gasteiger partial charge on any atom is -0.476 e. The molecule has 0 aliphatic heterocycles. The molecule has 170 valence electrons. The fourth-order valence-electron chi connectivity index (χ4n) is 3.61. The third-order valence-corrected chi connectivity index (χ3v) is 7.36. The van der Waals surface area contributed by atoms with E-state index in [1.807, 2.05) is 12.1 Å². The number of thiazole rings is 1. The van der Waals surface area contributed by atoms with Gasteiger partial charge >= 0.3 is 5.97 Å². The Morgan fingerprint density at radius 3 is 2.52 bits per heavy atom. The van der Waals surface area contributed by atoms with Crippen LogP contribution in [0.4, 0.5) is 4.39 Å². The van der Waals surface area contributed by atoms with E-state index in [9.17, 15) is 14.3 Å². The molecule has 5 nitrogen and oxygen atoms in total. The number of carboxylic acid groups (broad SMARTS) is 1. The highest BCUT2D eigenvalue weighted by atomic mass is 32.2. The Balaban J connectivity index is 1.89. The summed E-state index contributed by atoms with van der Waals surface area (Å²) in [4.78, 5) is 17.1. The van der Waals surface area contributed by atoms with Crippen LogP contribution in [-0.2, 0) is 6.42 Å². The summed E-state index contributed by atoms with van der Waals surface area (Å²) in [6.07, 6.45) is 0.952. The number of hydrogen-bond acceptors (Lipinski definition) is 5. The molecule has 33 heavy (non-hydrogen) atoms. The average molecular weight is 482 g/mol. The average Bonchev–Trinajstić information content (AvgIpc) is 3.34. The summed E-state index contributed by atoms with van der Waals surface area (Å²) < 4.78 is 16.3. The smallest absolute Gasteiger partial charge is 0.355 e. The molecule has 0 aliphatic carbocycles. The Kier molecular flexibility index (Phi) is 6.67. The first-order chi connectivity index (χ1) is 15.8. The van der Waals surface area contributed by atoms with Gasteiger partial charge in [0.05, 0.1) is 15.6 Å². The van der Waals surface area contributed by atoms with E-state index in [-0.39, 0.29) is 5.69 Å². The van der Waals surface area contributed by atoms with Crippen molar-refractivity contribution in [3.05, 3.63) is 71.3 Å². The number of rotatable bonds is 7. The lowest BCUT2D eigenvalue weighted by Crippen LogP contribution is -2.09. The SMILES string of the molecule is CCc1ccc(-c2nc(-n3nc(C)c(-c4cccc(F)c4)c3C(=O)O)sc2SC(C)C)cc1. The molecule has 0 spiro atoms. The van der Waals surface area contributed by atoms with Crippen LogP contribution in [0, 0.1) is 12.7 Å². The van der Waals surface area contributed by atoms with Crippen molar-refractivity contribution < 1.29 is 14.3 Å². The lowest BCUT2D eigenvalue weighted by Gasteiger charge is -2.05. The van der Waals surface area contributed by atoms with Crippen LogP contribution in [0.3, 0.4) is 0 Å². The van der Waals surface area contributed by atoms with E-state index in [0.717, 1.165) is 21.9 Å². The third-order valence-electron chi connectivity index (χ3n) is 5.12. The van der Waals surface area contributed by atoms with Crippen LogP contribution in [0.5, 0.6) is 0 Å². The first kappa shape index (κ1) is 23.2. The van der Waals surface area contributed by atoms with Crippen LogP contribution in [-0.4, -0.2) is 31.1 Å². The molecule has 2 aromatic carbocycles. The summed E-state index contributed by atoms with van der Waals surface area (Å²) in [5, 5.41) is 15.4. The molecule has 2 heterocycles. The first-order valence-electron chi connectivity index (χ1n) is 10.6. The monoisotopic (exact) mass is 481 g/mol. The van der Waals surface area contributed by atoms with Crippen LogP contribution in [0.15, 0.2) is 52.7 Å². The number of carbonyl (C=O) groups is 1. The molecular formula is C25H24FN3O2S2. The van der Waals surface area contributed by atoms with Crippen molar-refractivity contribution in [2.24, 2.45) is 0 Å². The Labute approximate surface area is 200 Å². The standard InChI is InChI=1S/C25H24FN3O2S2/c1-5-16-9-11-17(12-10-16)21-24(32-14(2)3)33-25(27-21)29-22(23(30)31)20(15(4)28-29)18-7-6-8-19(26)13-18/h6-14H,5H2,1-4H3,(H,30,31). The van der Waals surface area contributed by atoms with Gasteiger partial charge in [0.15, 0.2) is 5.69 Å². The van der Waals surface area contributed by atoms with Crippen molar-refractivity contribution in [3.63, 3.8) is 0 Å². The van der Waals surface area contributed by atoms with E-state index in [0.29, 0.717) is 27.2 Å². The van der Waals surface area contributed by atoms with Gasteiger partial charge in [-0.1, -0.05) is 68.5 Å². The Bertz CT molecular complexity index is 1310. The number of nitrogens with zero attached hydrogens (tertiary/aromatic N) is 3. The van der Waals surface area contributed by atoms with Crippen LogP contribution in [0.2, 0.25) is 0 Å². The summed E-state index contributed by atoms with van der Waals surface area (Å²) in [7, 11) is 0. The number of thioether (sulfide) groups is 1. The third kappa shape index (κ3) is 4.72. The normalized spacial score (nSPS) is 11.3. The highest BCUT2D eigenvalue weighted by molar-refractivity contribution is 8.01. The van der Waals surface area contributed by atoms with Crippen molar-refractivity contribution in [2.45, 2.75) is 43.6 Å². The molecule has 1 N–H and O–H groups in total. The summed E-state index contributed by atoms with van der Waals surface area (Å²) >= 11 is 3.10. The van der Waals surface area contributed by atoms with Gasteiger partial charge < -0.3 is 5.11 Å². The van der Waals surface area contributed by atoms with Crippen molar-refractivity contribution in [1.29, 1.82) is 0 Å². The molecule has 0 saturated heterocycles. The zero-order valence-electron chi connectivity index (χ0n) is 18.8. The second-order valence-electron chi connectivity index (χ2n) is 7.89. The molecule has 0 unspecified atom stereocenters. The maximum atomic E-state index is 13.9. The van der Waals surface area contributed by atoms with E-state index >= 15 is 0 Å². The molecule has 4 rings (SSSR count). The number of carboxylic acids is 1. The molecule has 0 radical (unpaired) electrons. The minimum absolute atomic E-state index is 0.0270. The Hall–Kier alpha value is -2.97. The van der Waals surface area contributed by atoms with Gasteiger partial charge in [-0.2, -0.15) is 9.78 Å². The van der Waals surface area contributed by atoms with Crippen LogP contribution >= 0.6 is 23.1 Å². The van der Waals surface area contributed by atoms with Crippen LogP contribution in [0.1, 0.15) is 42.5 Å². The van der Waals surface area contributed by atoms with Gasteiger partial charge in [-0.25, -0.2) is 14.2 Å². The topological polar surface area (TPSA) is 68.0 Å². The van der Waals surface area contributed by atoms with Crippen LogP contribution in [0.25, 0.3) is 27.5 Å². The molecule has 0 fully saturated rings. The largest absolute Gasteiger partial charge is 0.476 e. The van der Waals surface area contributed by atoms with Gasteiger partial charge in [-0.05, 0) is 36.6 Å². The lowest BCUT2D eigenvalue weighted by atomic mass is 10.0. The minimum atomic E-state index is -1.14. The van der Waals surface area contributed by atoms with Gasteiger partial charge in [-0.15, -0.1) is 11.8 Å². The van der Waals surface area contributed by atoms with E-state index in [4.69, 9.17) is 4.98 Å².